The van der Waals surface area contributed by atoms with Crippen molar-refractivity contribution in [3.63, 3.8) is 0 Å². The fraction of sp³-hybridized carbons (Fsp3) is 0.364. The van der Waals surface area contributed by atoms with Crippen LogP contribution in [0.4, 0.5) is 5.95 Å². The fourth-order valence-electron chi connectivity index (χ4n) is 1.39. The number of rotatable bonds is 5. The van der Waals surface area contributed by atoms with E-state index < -0.39 is 0 Å². The van der Waals surface area contributed by atoms with Crippen LogP contribution in [0.1, 0.15) is 24.8 Å². The summed E-state index contributed by atoms with van der Waals surface area (Å²) < 4.78 is 5.22. The first-order valence-corrected chi connectivity index (χ1v) is 6.79. The summed E-state index contributed by atoms with van der Waals surface area (Å²) in [6.07, 6.45) is 0. The molecule has 1 atom stereocenters. The van der Waals surface area contributed by atoms with E-state index in [1.54, 1.807) is 11.3 Å². The number of aromatic nitrogens is 3. The molecule has 0 radical (unpaired) electrons. The molecule has 0 amide bonds. The molecule has 0 spiro atoms. The number of hydrogen-bond acceptors (Lipinski definition) is 6. The number of halogens is 1. The fourth-order valence-corrected chi connectivity index (χ4v) is 2.28. The molecule has 0 aliphatic carbocycles. The van der Waals surface area contributed by atoms with Crippen molar-refractivity contribution in [1.29, 1.82) is 0 Å². The third-order valence-electron chi connectivity index (χ3n) is 2.18. The van der Waals surface area contributed by atoms with Crippen LogP contribution in [0, 0.1) is 0 Å². The molecule has 2 heterocycles. The van der Waals surface area contributed by atoms with Crippen LogP contribution >= 0.6 is 22.9 Å². The summed E-state index contributed by atoms with van der Waals surface area (Å²) in [5, 5.41) is 5.31. The zero-order valence-electron chi connectivity index (χ0n) is 10.1. The van der Waals surface area contributed by atoms with E-state index in [9.17, 15) is 0 Å². The van der Waals surface area contributed by atoms with Crippen molar-refractivity contribution in [3.05, 3.63) is 27.7 Å². The molecule has 0 fully saturated rings. The smallest absolute Gasteiger partial charge is 0.322 e. The molecule has 0 saturated carbocycles. The highest BCUT2D eigenvalue weighted by molar-refractivity contribution is 7.10. The molecular weight excluding hydrogens is 272 g/mol. The van der Waals surface area contributed by atoms with Crippen LogP contribution in [-0.2, 0) is 0 Å². The highest BCUT2D eigenvalue weighted by Gasteiger charge is 2.10. The standard InChI is InChI=1S/C11H13ClN4OS/c1-3-17-11-15-9(12)14-10(16-11)13-7(2)8-5-4-6-18-8/h4-7H,3H2,1-2H3,(H,13,14,15,16). The Hall–Kier alpha value is -1.40. The van der Waals surface area contributed by atoms with E-state index in [1.807, 2.05) is 25.3 Å². The summed E-state index contributed by atoms with van der Waals surface area (Å²) in [7, 11) is 0. The number of ether oxygens (including phenoxy) is 1. The lowest BCUT2D eigenvalue weighted by molar-refractivity contribution is 0.312. The van der Waals surface area contributed by atoms with E-state index in [4.69, 9.17) is 16.3 Å². The Bertz CT molecular complexity index is 506. The van der Waals surface area contributed by atoms with Crippen molar-refractivity contribution in [1.82, 2.24) is 15.0 Å². The van der Waals surface area contributed by atoms with Gasteiger partial charge in [0.25, 0.3) is 0 Å². The Morgan fingerprint density at radius 1 is 1.44 bits per heavy atom. The lowest BCUT2D eigenvalue weighted by Crippen LogP contribution is -2.10. The maximum atomic E-state index is 5.81. The van der Waals surface area contributed by atoms with Crippen LogP contribution in [0.15, 0.2) is 17.5 Å². The molecule has 0 saturated heterocycles. The molecule has 1 unspecified atom stereocenters. The van der Waals surface area contributed by atoms with Gasteiger partial charge in [-0.3, -0.25) is 0 Å². The van der Waals surface area contributed by atoms with Crippen molar-refractivity contribution >= 4 is 28.9 Å². The van der Waals surface area contributed by atoms with Crippen LogP contribution in [0.3, 0.4) is 0 Å². The SMILES string of the molecule is CCOc1nc(Cl)nc(NC(C)c2cccs2)n1. The van der Waals surface area contributed by atoms with E-state index in [2.05, 4.69) is 26.3 Å². The molecule has 18 heavy (non-hydrogen) atoms. The van der Waals surface area contributed by atoms with Gasteiger partial charge < -0.3 is 10.1 Å². The molecule has 96 valence electrons. The Morgan fingerprint density at radius 3 is 2.94 bits per heavy atom. The van der Waals surface area contributed by atoms with E-state index in [-0.39, 0.29) is 17.3 Å². The number of hydrogen-bond donors (Lipinski definition) is 1. The second kappa shape index (κ2) is 5.97. The predicted molar refractivity (Wildman–Crippen MR) is 72.4 cm³/mol. The maximum absolute atomic E-state index is 5.81. The number of anilines is 1. The van der Waals surface area contributed by atoms with Gasteiger partial charge in [-0.15, -0.1) is 11.3 Å². The third kappa shape index (κ3) is 3.30. The van der Waals surface area contributed by atoms with Crippen molar-refractivity contribution < 1.29 is 4.74 Å². The lowest BCUT2D eigenvalue weighted by atomic mass is 10.3. The van der Waals surface area contributed by atoms with E-state index in [0.29, 0.717) is 12.6 Å². The summed E-state index contributed by atoms with van der Waals surface area (Å²) in [5.74, 6) is 0.416. The zero-order chi connectivity index (χ0) is 13.0. The minimum absolute atomic E-state index is 0.109. The van der Waals surface area contributed by atoms with Crippen LogP contribution in [-0.4, -0.2) is 21.6 Å². The molecule has 2 aromatic heterocycles. The summed E-state index contributed by atoms with van der Waals surface area (Å²) in [4.78, 5) is 13.2. The van der Waals surface area contributed by atoms with Gasteiger partial charge in [0.15, 0.2) is 0 Å². The Kier molecular flexibility index (Phi) is 4.33. The monoisotopic (exact) mass is 284 g/mol. The average molecular weight is 285 g/mol. The zero-order valence-corrected chi connectivity index (χ0v) is 11.6. The molecule has 0 bridgehead atoms. The van der Waals surface area contributed by atoms with Crippen LogP contribution in [0.5, 0.6) is 6.01 Å². The lowest BCUT2D eigenvalue weighted by Gasteiger charge is -2.12. The van der Waals surface area contributed by atoms with Crippen molar-refractivity contribution in [2.75, 3.05) is 11.9 Å². The summed E-state index contributed by atoms with van der Waals surface area (Å²) in [6.45, 7) is 4.38. The molecule has 2 aromatic rings. The van der Waals surface area contributed by atoms with Crippen LogP contribution in [0.25, 0.3) is 0 Å². The molecule has 2 rings (SSSR count). The first kappa shape index (κ1) is 13.0. The normalized spacial score (nSPS) is 12.2. The Morgan fingerprint density at radius 2 is 2.28 bits per heavy atom. The van der Waals surface area contributed by atoms with Crippen LogP contribution < -0.4 is 10.1 Å². The van der Waals surface area contributed by atoms with Crippen molar-refractivity contribution in [2.24, 2.45) is 0 Å². The molecule has 0 aliphatic heterocycles. The summed E-state index contributed by atoms with van der Waals surface area (Å²) in [6, 6.07) is 4.40. The Balaban J connectivity index is 2.13. The summed E-state index contributed by atoms with van der Waals surface area (Å²) in [5.41, 5.74) is 0. The highest BCUT2D eigenvalue weighted by atomic mass is 35.5. The number of nitrogens with zero attached hydrogens (tertiary/aromatic N) is 3. The van der Waals surface area contributed by atoms with Gasteiger partial charge in [-0.2, -0.15) is 15.0 Å². The predicted octanol–water partition coefficient (Wildman–Crippen LogP) is 3.16. The van der Waals surface area contributed by atoms with E-state index >= 15 is 0 Å². The topological polar surface area (TPSA) is 59.9 Å². The van der Waals surface area contributed by atoms with Crippen LogP contribution in [0.2, 0.25) is 5.28 Å². The highest BCUT2D eigenvalue weighted by Crippen LogP contribution is 2.22. The Labute approximate surface area is 114 Å². The number of nitrogens with one attached hydrogen (secondary N) is 1. The minimum atomic E-state index is 0.109. The largest absolute Gasteiger partial charge is 0.464 e. The third-order valence-corrected chi connectivity index (χ3v) is 3.40. The van der Waals surface area contributed by atoms with Gasteiger partial charge in [0.05, 0.1) is 12.6 Å². The van der Waals surface area contributed by atoms with E-state index in [1.165, 1.54) is 4.88 Å². The van der Waals surface area contributed by atoms with Gasteiger partial charge in [-0.05, 0) is 36.9 Å². The van der Waals surface area contributed by atoms with E-state index in [0.717, 1.165) is 0 Å². The number of thiophene rings is 1. The summed E-state index contributed by atoms with van der Waals surface area (Å²) >= 11 is 7.49. The first-order chi connectivity index (χ1) is 8.69. The second-order valence-corrected chi connectivity index (χ2v) is 4.84. The molecular formula is C11H13ClN4OS. The van der Waals surface area contributed by atoms with Gasteiger partial charge in [0.1, 0.15) is 0 Å². The maximum Gasteiger partial charge on any atom is 0.322 e. The minimum Gasteiger partial charge on any atom is -0.464 e. The van der Waals surface area contributed by atoms with Crippen molar-refractivity contribution in [3.8, 4) is 6.01 Å². The first-order valence-electron chi connectivity index (χ1n) is 5.53. The molecule has 5 nitrogen and oxygen atoms in total. The van der Waals surface area contributed by atoms with Gasteiger partial charge in [-0.1, -0.05) is 6.07 Å². The molecule has 0 aromatic carbocycles. The van der Waals surface area contributed by atoms with Crippen molar-refractivity contribution in [2.45, 2.75) is 19.9 Å². The molecule has 1 N–H and O–H groups in total. The van der Waals surface area contributed by atoms with Gasteiger partial charge in [-0.25, -0.2) is 0 Å². The average Bonchev–Trinajstić information content (AvgIpc) is 2.81. The molecule has 7 heteroatoms. The quantitative estimate of drug-likeness (QED) is 0.914. The van der Waals surface area contributed by atoms with Gasteiger partial charge in [0.2, 0.25) is 11.2 Å². The van der Waals surface area contributed by atoms with Gasteiger partial charge in [0, 0.05) is 4.88 Å². The molecule has 0 aliphatic rings. The van der Waals surface area contributed by atoms with Gasteiger partial charge >= 0.3 is 6.01 Å². The second-order valence-electron chi connectivity index (χ2n) is 3.53.